The highest BCUT2D eigenvalue weighted by Crippen LogP contribution is 2.22. The van der Waals surface area contributed by atoms with Crippen LogP contribution in [0.4, 0.5) is 0 Å². The van der Waals surface area contributed by atoms with Crippen LogP contribution in [0.3, 0.4) is 0 Å². The van der Waals surface area contributed by atoms with Gasteiger partial charge in [0.25, 0.3) is 5.91 Å². The Hall–Kier alpha value is -3.29. The third kappa shape index (κ3) is 2.59. The molecule has 0 unspecified atom stereocenters. The lowest BCUT2D eigenvalue weighted by Gasteiger charge is -2.20. The van der Waals surface area contributed by atoms with Crippen LogP contribution >= 0.6 is 0 Å². The molecule has 3 aromatic rings. The second kappa shape index (κ2) is 6.21. The van der Waals surface area contributed by atoms with Crippen molar-refractivity contribution in [2.24, 2.45) is 0 Å². The number of carbonyl (C=O) groups is 2. The Labute approximate surface area is 149 Å². The Morgan fingerprint density at radius 3 is 2.92 bits per heavy atom. The molecule has 0 radical (unpaired) electrons. The van der Waals surface area contributed by atoms with Gasteiger partial charge in [-0.15, -0.1) is 5.10 Å². The Morgan fingerprint density at radius 2 is 2.12 bits per heavy atom. The number of nitrogens with zero attached hydrogens (tertiary/aromatic N) is 5. The van der Waals surface area contributed by atoms with Crippen molar-refractivity contribution >= 4 is 22.8 Å². The van der Waals surface area contributed by atoms with E-state index in [1.165, 1.54) is 4.90 Å². The van der Waals surface area contributed by atoms with Crippen LogP contribution < -0.4 is 0 Å². The maximum atomic E-state index is 12.8. The van der Waals surface area contributed by atoms with Crippen molar-refractivity contribution in [3.8, 4) is 5.69 Å². The normalized spacial score (nSPS) is 17.0. The molecular formula is C18H17N5O3. The van der Waals surface area contributed by atoms with Crippen molar-refractivity contribution in [3.05, 3.63) is 47.9 Å². The first-order chi connectivity index (χ1) is 12.6. The molecule has 1 aliphatic rings. The van der Waals surface area contributed by atoms with Crippen LogP contribution in [0.2, 0.25) is 0 Å². The SMILES string of the molecule is Cc1c(C(=O)N2CCC[C@@H]2C(=O)O)nnn1-c1ccc2ncccc2c1. The van der Waals surface area contributed by atoms with Crippen molar-refractivity contribution < 1.29 is 14.7 Å². The van der Waals surface area contributed by atoms with Crippen molar-refractivity contribution in [2.45, 2.75) is 25.8 Å². The van der Waals surface area contributed by atoms with E-state index in [9.17, 15) is 14.7 Å². The monoisotopic (exact) mass is 351 g/mol. The van der Waals surface area contributed by atoms with E-state index in [-0.39, 0.29) is 11.6 Å². The van der Waals surface area contributed by atoms with Crippen LogP contribution in [-0.2, 0) is 4.79 Å². The topological polar surface area (TPSA) is 101 Å². The lowest BCUT2D eigenvalue weighted by Crippen LogP contribution is -2.40. The van der Waals surface area contributed by atoms with Gasteiger partial charge in [0.15, 0.2) is 5.69 Å². The lowest BCUT2D eigenvalue weighted by atomic mass is 10.2. The summed E-state index contributed by atoms with van der Waals surface area (Å²) in [6, 6.07) is 8.68. The Bertz CT molecular complexity index is 1010. The van der Waals surface area contributed by atoms with Crippen LogP contribution in [0.25, 0.3) is 16.6 Å². The van der Waals surface area contributed by atoms with Gasteiger partial charge in [-0.25, -0.2) is 9.48 Å². The number of benzene rings is 1. The van der Waals surface area contributed by atoms with Crippen molar-refractivity contribution in [3.63, 3.8) is 0 Å². The smallest absolute Gasteiger partial charge is 0.326 e. The van der Waals surface area contributed by atoms with E-state index in [1.54, 1.807) is 17.8 Å². The van der Waals surface area contributed by atoms with Crippen LogP contribution in [0.1, 0.15) is 29.0 Å². The van der Waals surface area contributed by atoms with Gasteiger partial charge in [0.05, 0.1) is 16.9 Å². The minimum atomic E-state index is -0.983. The fourth-order valence-electron chi connectivity index (χ4n) is 3.37. The van der Waals surface area contributed by atoms with E-state index in [0.29, 0.717) is 25.1 Å². The second-order valence-electron chi connectivity index (χ2n) is 6.31. The quantitative estimate of drug-likeness (QED) is 0.772. The number of pyridine rings is 1. The largest absolute Gasteiger partial charge is 0.480 e. The summed E-state index contributed by atoms with van der Waals surface area (Å²) in [6.07, 6.45) is 2.87. The molecule has 4 rings (SSSR count). The van der Waals surface area contributed by atoms with Crippen LogP contribution in [0, 0.1) is 6.92 Å². The summed E-state index contributed by atoms with van der Waals surface area (Å²) in [7, 11) is 0. The Kier molecular flexibility index (Phi) is 3.87. The predicted molar refractivity (Wildman–Crippen MR) is 93.1 cm³/mol. The first kappa shape index (κ1) is 16.2. The molecule has 3 heterocycles. The Morgan fingerprint density at radius 1 is 1.27 bits per heavy atom. The highest BCUT2D eigenvalue weighted by Gasteiger charge is 2.36. The summed E-state index contributed by atoms with van der Waals surface area (Å²) in [5.41, 5.74) is 2.40. The molecule has 1 saturated heterocycles. The molecule has 1 aromatic carbocycles. The van der Waals surface area contributed by atoms with Gasteiger partial charge in [0.2, 0.25) is 0 Å². The number of fused-ring (bicyclic) bond motifs is 1. The molecule has 132 valence electrons. The number of carboxylic acids is 1. The van der Waals surface area contributed by atoms with E-state index < -0.39 is 12.0 Å². The van der Waals surface area contributed by atoms with Crippen LogP contribution in [0.15, 0.2) is 36.5 Å². The van der Waals surface area contributed by atoms with E-state index in [0.717, 1.165) is 16.6 Å². The summed E-state index contributed by atoms with van der Waals surface area (Å²) >= 11 is 0. The average molecular weight is 351 g/mol. The summed E-state index contributed by atoms with van der Waals surface area (Å²) in [5.74, 6) is -1.37. The zero-order chi connectivity index (χ0) is 18.3. The van der Waals surface area contributed by atoms with Gasteiger partial charge < -0.3 is 10.0 Å². The number of carboxylic acid groups (broad SMARTS) is 1. The molecule has 1 aliphatic heterocycles. The van der Waals surface area contributed by atoms with Gasteiger partial charge in [0, 0.05) is 18.1 Å². The number of hydrogen-bond donors (Lipinski definition) is 1. The van der Waals surface area contributed by atoms with Gasteiger partial charge in [0.1, 0.15) is 6.04 Å². The standard InChI is InChI=1S/C18H17N5O3/c1-11-16(17(24)22-9-3-5-15(22)18(25)26)20-21-23(11)13-6-7-14-12(10-13)4-2-8-19-14/h2,4,6-8,10,15H,3,5,9H2,1H3,(H,25,26)/t15-/m1/s1. The van der Waals surface area contributed by atoms with Crippen molar-refractivity contribution in [1.29, 1.82) is 0 Å². The van der Waals surface area contributed by atoms with E-state index in [1.807, 2.05) is 30.3 Å². The molecule has 1 amide bonds. The molecule has 8 heteroatoms. The summed E-state index contributed by atoms with van der Waals surface area (Å²) in [5, 5.41) is 18.4. The summed E-state index contributed by atoms with van der Waals surface area (Å²) in [4.78, 5) is 29.8. The van der Waals surface area contributed by atoms with Gasteiger partial charge in [-0.3, -0.25) is 9.78 Å². The molecule has 8 nitrogen and oxygen atoms in total. The lowest BCUT2D eigenvalue weighted by molar-refractivity contribution is -0.141. The molecule has 0 spiro atoms. The van der Waals surface area contributed by atoms with Gasteiger partial charge >= 0.3 is 5.97 Å². The highest BCUT2D eigenvalue weighted by atomic mass is 16.4. The van der Waals surface area contributed by atoms with Crippen LogP contribution in [0.5, 0.6) is 0 Å². The summed E-state index contributed by atoms with van der Waals surface area (Å²) in [6.45, 7) is 2.18. The predicted octanol–water partition coefficient (Wildman–Crippen LogP) is 1.81. The third-order valence-corrected chi connectivity index (χ3v) is 4.73. The number of likely N-dealkylation sites (tertiary alicyclic amines) is 1. The number of aromatic nitrogens is 4. The number of hydrogen-bond acceptors (Lipinski definition) is 5. The van der Waals surface area contributed by atoms with Gasteiger partial charge in [-0.1, -0.05) is 11.3 Å². The first-order valence-corrected chi connectivity index (χ1v) is 8.37. The van der Waals surface area contributed by atoms with Gasteiger partial charge in [-0.05, 0) is 44.0 Å². The van der Waals surface area contributed by atoms with E-state index in [2.05, 4.69) is 15.3 Å². The maximum Gasteiger partial charge on any atom is 0.326 e. The zero-order valence-electron chi connectivity index (χ0n) is 14.2. The number of amides is 1. The fourth-order valence-corrected chi connectivity index (χ4v) is 3.37. The van der Waals surface area contributed by atoms with E-state index in [4.69, 9.17) is 0 Å². The Balaban J connectivity index is 1.69. The number of aliphatic carboxylic acids is 1. The summed E-state index contributed by atoms with van der Waals surface area (Å²) < 4.78 is 1.59. The molecule has 1 N–H and O–H groups in total. The molecule has 1 fully saturated rings. The molecule has 0 saturated carbocycles. The fraction of sp³-hybridized carbons (Fsp3) is 0.278. The molecule has 0 aliphatic carbocycles. The average Bonchev–Trinajstić information content (AvgIpc) is 3.28. The first-order valence-electron chi connectivity index (χ1n) is 8.37. The third-order valence-electron chi connectivity index (χ3n) is 4.73. The highest BCUT2D eigenvalue weighted by molar-refractivity contribution is 5.96. The van der Waals surface area contributed by atoms with Gasteiger partial charge in [-0.2, -0.15) is 0 Å². The van der Waals surface area contributed by atoms with Crippen molar-refractivity contribution in [1.82, 2.24) is 24.9 Å². The zero-order valence-corrected chi connectivity index (χ0v) is 14.2. The number of rotatable bonds is 3. The second-order valence-corrected chi connectivity index (χ2v) is 6.31. The molecule has 26 heavy (non-hydrogen) atoms. The maximum absolute atomic E-state index is 12.8. The van der Waals surface area contributed by atoms with Crippen LogP contribution in [-0.4, -0.2) is 54.4 Å². The molecule has 2 aromatic heterocycles. The molecule has 1 atom stereocenters. The molecule has 0 bridgehead atoms. The minimum absolute atomic E-state index is 0.185. The minimum Gasteiger partial charge on any atom is -0.480 e. The number of carbonyl (C=O) groups excluding carboxylic acids is 1. The van der Waals surface area contributed by atoms with E-state index >= 15 is 0 Å². The van der Waals surface area contributed by atoms with Crippen molar-refractivity contribution in [2.75, 3.05) is 6.54 Å². The molecular weight excluding hydrogens is 334 g/mol.